The van der Waals surface area contributed by atoms with Crippen LogP contribution in [0.2, 0.25) is 0 Å². The van der Waals surface area contributed by atoms with Gasteiger partial charge in [-0.3, -0.25) is 0 Å². The predicted octanol–water partition coefficient (Wildman–Crippen LogP) is 6.26. The molecule has 25 heavy (non-hydrogen) atoms. The molecular weight excluding hydrogens is 302 g/mol. The lowest BCUT2D eigenvalue weighted by molar-refractivity contribution is 0.427. The van der Waals surface area contributed by atoms with E-state index in [9.17, 15) is 0 Å². The lowest BCUT2D eigenvalue weighted by atomic mass is 9.88. The van der Waals surface area contributed by atoms with Crippen molar-refractivity contribution in [3.63, 3.8) is 0 Å². The van der Waals surface area contributed by atoms with Gasteiger partial charge in [-0.1, -0.05) is 36.4 Å². The van der Waals surface area contributed by atoms with Gasteiger partial charge in [0.1, 0.15) is 0 Å². The molecule has 0 unspecified atom stereocenters. The maximum Gasteiger partial charge on any atom is 0.0485 e. The molecule has 0 radical (unpaired) electrons. The quantitative estimate of drug-likeness (QED) is 0.417. The second kappa shape index (κ2) is 6.71. The van der Waals surface area contributed by atoms with Crippen LogP contribution in [0.4, 0.5) is 0 Å². The first-order chi connectivity index (χ1) is 12.3. The molecule has 1 fully saturated rings. The summed E-state index contributed by atoms with van der Waals surface area (Å²) in [4.78, 5) is 0. The number of hydrogen-bond donors (Lipinski definition) is 0. The molecule has 2 aliphatic carbocycles. The van der Waals surface area contributed by atoms with Crippen molar-refractivity contribution < 1.29 is 0 Å². The lowest BCUT2D eigenvalue weighted by Gasteiger charge is -2.21. The minimum Gasteiger partial charge on any atom is -0.344 e. The molecule has 0 amide bonds. The summed E-state index contributed by atoms with van der Waals surface area (Å²) in [5, 5.41) is 1.47. The van der Waals surface area contributed by atoms with E-state index in [1.165, 1.54) is 36.6 Å². The average molecular weight is 332 g/mol. The third-order valence-electron chi connectivity index (χ3n) is 6.54. The fourth-order valence-corrected chi connectivity index (χ4v) is 5.44. The van der Waals surface area contributed by atoms with E-state index in [1.54, 1.807) is 11.3 Å². The number of hydrogen-bond acceptors (Lipinski definition) is 0. The van der Waals surface area contributed by atoms with Crippen LogP contribution < -0.4 is 0 Å². The molecule has 1 aromatic carbocycles. The molecule has 1 saturated carbocycles. The third-order valence-corrected chi connectivity index (χ3v) is 6.54. The molecule has 2 aromatic rings. The highest BCUT2D eigenvalue weighted by Crippen LogP contribution is 2.57. The van der Waals surface area contributed by atoms with Gasteiger partial charge in [0.15, 0.2) is 0 Å². The zero-order valence-electron chi connectivity index (χ0n) is 15.2. The molecule has 1 aromatic heterocycles. The van der Waals surface area contributed by atoms with Gasteiger partial charge in [-0.05, 0) is 61.5 Å². The molecule has 0 bridgehead atoms. The summed E-state index contributed by atoms with van der Waals surface area (Å²) >= 11 is 0. The van der Waals surface area contributed by atoms with Gasteiger partial charge in [0, 0.05) is 29.1 Å². The molecule has 0 N–H and O–H groups in total. The molecule has 130 valence electrons. The minimum atomic E-state index is 0.588. The second-order valence-corrected chi connectivity index (χ2v) is 7.75. The number of aryl methyl sites for hydroxylation is 1. The van der Waals surface area contributed by atoms with Gasteiger partial charge < -0.3 is 4.57 Å². The van der Waals surface area contributed by atoms with Crippen LogP contribution in [0, 0.1) is 17.8 Å². The van der Waals surface area contributed by atoms with Crippen LogP contribution in [0.15, 0.2) is 62.2 Å². The van der Waals surface area contributed by atoms with Crippen LogP contribution >= 0.6 is 0 Å². The van der Waals surface area contributed by atoms with E-state index in [2.05, 4.69) is 60.7 Å². The normalized spacial score (nSPS) is 27.2. The van der Waals surface area contributed by atoms with Gasteiger partial charge in [-0.25, -0.2) is 0 Å². The number of para-hydroxylation sites is 1. The summed E-state index contributed by atoms with van der Waals surface area (Å²) < 4.78 is 2.64. The van der Waals surface area contributed by atoms with Gasteiger partial charge in [0.05, 0.1) is 0 Å². The van der Waals surface area contributed by atoms with Crippen molar-refractivity contribution in [1.29, 1.82) is 0 Å². The van der Waals surface area contributed by atoms with Crippen LogP contribution in [0.1, 0.15) is 42.9 Å². The van der Waals surface area contributed by atoms with E-state index in [4.69, 9.17) is 0 Å². The van der Waals surface area contributed by atoms with Crippen molar-refractivity contribution in [1.82, 2.24) is 4.57 Å². The zero-order valence-corrected chi connectivity index (χ0v) is 15.2. The van der Waals surface area contributed by atoms with Gasteiger partial charge in [0.2, 0.25) is 0 Å². The molecule has 0 saturated heterocycles. The summed E-state index contributed by atoms with van der Waals surface area (Å²) in [6.45, 7) is 13.3. The van der Waals surface area contributed by atoms with Crippen molar-refractivity contribution in [3.05, 3.63) is 73.5 Å². The lowest BCUT2D eigenvalue weighted by Crippen LogP contribution is -2.14. The highest BCUT2D eigenvalue weighted by molar-refractivity contribution is 5.86. The summed E-state index contributed by atoms with van der Waals surface area (Å²) in [6, 6.07) is 9.00. The molecule has 0 spiro atoms. The van der Waals surface area contributed by atoms with Crippen LogP contribution in [-0.2, 0) is 13.0 Å². The summed E-state index contributed by atoms with van der Waals surface area (Å²) in [6.07, 6.45) is 12.4. The Morgan fingerprint density at radius 3 is 2.60 bits per heavy atom. The van der Waals surface area contributed by atoms with E-state index < -0.39 is 0 Å². The molecule has 1 heterocycles. The number of allylic oxidation sites excluding steroid dienone is 3. The number of unbranched alkanes of at least 4 members (excludes halogenated alkanes) is 2. The third kappa shape index (κ3) is 2.52. The maximum atomic E-state index is 4.16. The Hall–Kier alpha value is -2.02. The minimum absolute atomic E-state index is 0.588. The number of fused-ring (bicyclic) bond motifs is 5. The number of nitrogens with zero attached hydrogens (tertiary/aromatic N) is 1. The second-order valence-electron chi connectivity index (χ2n) is 7.75. The highest BCUT2D eigenvalue weighted by atomic mass is 15.0. The Labute approximate surface area is 151 Å². The molecular formula is C24H29N. The number of aromatic nitrogens is 1. The largest absolute Gasteiger partial charge is 0.344 e. The molecule has 4 rings (SSSR count). The van der Waals surface area contributed by atoms with E-state index in [1.807, 2.05) is 6.08 Å². The molecule has 4 atom stereocenters. The monoisotopic (exact) mass is 331 g/mol. The van der Waals surface area contributed by atoms with Crippen molar-refractivity contribution in [2.24, 2.45) is 17.8 Å². The van der Waals surface area contributed by atoms with Gasteiger partial charge in [-0.15, -0.1) is 19.7 Å². The van der Waals surface area contributed by atoms with Gasteiger partial charge in [0.25, 0.3) is 0 Å². The van der Waals surface area contributed by atoms with Crippen molar-refractivity contribution in [3.8, 4) is 0 Å². The van der Waals surface area contributed by atoms with Gasteiger partial charge >= 0.3 is 0 Å². The Bertz CT molecular complexity index is 809. The fraction of sp³-hybridized carbons (Fsp3) is 0.417. The van der Waals surface area contributed by atoms with E-state index in [0.29, 0.717) is 17.8 Å². The summed E-state index contributed by atoms with van der Waals surface area (Å²) in [5.74, 6) is 2.57. The Kier molecular flexibility index (Phi) is 4.41. The Balaban J connectivity index is 1.78. The maximum absolute atomic E-state index is 4.16. The zero-order chi connectivity index (χ0) is 17.4. The number of rotatable bonds is 7. The van der Waals surface area contributed by atoms with Crippen LogP contribution in [0.3, 0.4) is 0 Å². The summed E-state index contributed by atoms with van der Waals surface area (Å²) in [7, 11) is 0. The Morgan fingerprint density at radius 2 is 1.84 bits per heavy atom. The average Bonchev–Trinajstić information content (AvgIpc) is 3.27. The van der Waals surface area contributed by atoms with Gasteiger partial charge in [-0.2, -0.15) is 0 Å². The molecule has 1 nitrogen and oxygen atoms in total. The predicted molar refractivity (Wildman–Crippen MR) is 108 cm³/mol. The first kappa shape index (κ1) is 16.4. The van der Waals surface area contributed by atoms with E-state index in [0.717, 1.165) is 18.9 Å². The fourth-order valence-electron chi connectivity index (χ4n) is 5.44. The highest BCUT2D eigenvalue weighted by Gasteiger charge is 2.48. The summed E-state index contributed by atoms with van der Waals surface area (Å²) in [5.41, 5.74) is 4.64. The van der Waals surface area contributed by atoms with Crippen molar-refractivity contribution in [2.45, 2.75) is 44.6 Å². The van der Waals surface area contributed by atoms with Crippen LogP contribution in [-0.4, -0.2) is 4.57 Å². The molecule has 1 heteroatoms. The topological polar surface area (TPSA) is 4.93 Å². The van der Waals surface area contributed by atoms with Crippen LogP contribution in [0.25, 0.3) is 10.9 Å². The first-order valence-corrected chi connectivity index (χ1v) is 9.76. The molecule has 0 aliphatic heterocycles. The van der Waals surface area contributed by atoms with Crippen molar-refractivity contribution >= 4 is 10.9 Å². The first-order valence-electron chi connectivity index (χ1n) is 9.76. The standard InChI is InChI=1S/C24H29N/c1-4-7-8-11-14-25-22-13-10-9-12-19(22)21-16-20-17(5-2)15-18(6-3)23(20)24(21)25/h4-6,9-10,12-13,17-18,20,23H,1-3,7-8,11,14-16H2/t17-,18+,20+,23-/m0/s1. The van der Waals surface area contributed by atoms with E-state index >= 15 is 0 Å². The van der Waals surface area contributed by atoms with Crippen molar-refractivity contribution in [2.75, 3.05) is 0 Å². The Morgan fingerprint density at radius 1 is 1.04 bits per heavy atom. The smallest absolute Gasteiger partial charge is 0.0485 e. The van der Waals surface area contributed by atoms with E-state index in [-0.39, 0.29) is 0 Å². The SMILES string of the molecule is C=CCCCCn1c2c(c3ccccc31)C[C@H]1[C@@H]2[C@H](C=C)C[C@@H]1C=C. The number of benzene rings is 1. The molecule has 2 aliphatic rings. The van der Waals surface area contributed by atoms with Crippen LogP contribution in [0.5, 0.6) is 0 Å².